The van der Waals surface area contributed by atoms with Crippen molar-refractivity contribution < 1.29 is 0 Å². The van der Waals surface area contributed by atoms with E-state index >= 15 is 0 Å². The highest BCUT2D eigenvalue weighted by molar-refractivity contribution is 6.21. The lowest BCUT2D eigenvalue weighted by molar-refractivity contribution is 0.827. The van der Waals surface area contributed by atoms with Crippen molar-refractivity contribution in [3.05, 3.63) is 202 Å². The molecule has 0 saturated carbocycles. The Labute approximate surface area is 277 Å². The third-order valence-electron chi connectivity index (χ3n) is 11.8. The molecule has 2 atom stereocenters. The Bertz CT molecular complexity index is 2610. The van der Waals surface area contributed by atoms with Gasteiger partial charge in [-0.15, -0.1) is 0 Å². The molecule has 0 radical (unpaired) electrons. The molecule has 12 rings (SSSR count). The Kier molecular flexibility index (Phi) is 4.39. The molecule has 0 N–H and O–H groups in total. The van der Waals surface area contributed by atoms with Gasteiger partial charge >= 0.3 is 0 Å². The zero-order valence-corrected chi connectivity index (χ0v) is 25.9. The summed E-state index contributed by atoms with van der Waals surface area (Å²) in [4.78, 5) is 9.62. The Balaban J connectivity index is 1.33. The minimum absolute atomic E-state index is 0.475. The van der Waals surface area contributed by atoms with Crippen molar-refractivity contribution in [2.45, 2.75) is 10.8 Å². The molecular formula is C46H26N2. The minimum atomic E-state index is -0.475. The largest absolute Gasteiger partial charge is 0.256 e. The van der Waals surface area contributed by atoms with E-state index in [9.17, 15) is 0 Å². The second-order valence-electron chi connectivity index (χ2n) is 13.5. The average molecular weight is 607 g/mol. The molecule has 2 spiro atoms. The second-order valence-corrected chi connectivity index (χ2v) is 13.5. The number of nitrogens with zero attached hydrogens (tertiary/aromatic N) is 2. The van der Waals surface area contributed by atoms with Crippen LogP contribution in [0.25, 0.3) is 55.2 Å². The van der Waals surface area contributed by atoms with Gasteiger partial charge in [0.25, 0.3) is 0 Å². The van der Waals surface area contributed by atoms with Gasteiger partial charge in [-0.3, -0.25) is 9.97 Å². The summed E-state index contributed by atoms with van der Waals surface area (Å²) < 4.78 is 0. The van der Waals surface area contributed by atoms with Gasteiger partial charge in [0, 0.05) is 23.2 Å². The Hall–Kier alpha value is -6.12. The number of hydrogen-bond donors (Lipinski definition) is 0. The van der Waals surface area contributed by atoms with Gasteiger partial charge in [-0.25, -0.2) is 0 Å². The van der Waals surface area contributed by atoms with Crippen molar-refractivity contribution in [3.8, 4) is 22.3 Å². The molecule has 48 heavy (non-hydrogen) atoms. The fourth-order valence-electron chi connectivity index (χ4n) is 10.3. The van der Waals surface area contributed by atoms with Crippen molar-refractivity contribution in [2.24, 2.45) is 0 Å². The molecule has 2 aromatic heterocycles. The van der Waals surface area contributed by atoms with Crippen molar-refractivity contribution in [3.63, 3.8) is 0 Å². The van der Waals surface area contributed by atoms with E-state index in [1.165, 1.54) is 88.7 Å². The van der Waals surface area contributed by atoms with Gasteiger partial charge in [0.15, 0.2) is 0 Å². The van der Waals surface area contributed by atoms with Crippen LogP contribution < -0.4 is 0 Å². The fourth-order valence-corrected chi connectivity index (χ4v) is 10.3. The van der Waals surface area contributed by atoms with Crippen molar-refractivity contribution in [2.75, 3.05) is 0 Å². The third-order valence-corrected chi connectivity index (χ3v) is 11.8. The van der Waals surface area contributed by atoms with Crippen LogP contribution in [0.15, 0.2) is 158 Å². The molecular weight excluding hydrogens is 581 g/mol. The number of pyridine rings is 2. The van der Waals surface area contributed by atoms with Crippen LogP contribution in [0.1, 0.15) is 44.5 Å². The van der Waals surface area contributed by atoms with E-state index in [-0.39, 0.29) is 0 Å². The molecule has 4 aliphatic carbocycles. The summed E-state index contributed by atoms with van der Waals surface area (Å²) in [6, 6.07) is 54.6. The van der Waals surface area contributed by atoms with Crippen LogP contribution in [0, 0.1) is 0 Å². The predicted octanol–water partition coefficient (Wildman–Crippen LogP) is 10.4. The fraction of sp³-hybridized carbons (Fsp3) is 0.0435. The lowest BCUT2D eigenvalue weighted by Gasteiger charge is -2.34. The Morgan fingerprint density at radius 3 is 1.12 bits per heavy atom. The number of hydrogen-bond acceptors (Lipinski definition) is 2. The normalized spacial score (nSPS) is 20.2. The molecule has 0 bridgehead atoms. The Morgan fingerprint density at radius 2 is 0.688 bits per heavy atom. The van der Waals surface area contributed by atoms with Gasteiger partial charge in [0.1, 0.15) is 0 Å². The molecule has 2 heterocycles. The van der Waals surface area contributed by atoms with E-state index in [1.54, 1.807) is 0 Å². The van der Waals surface area contributed by atoms with Crippen LogP contribution in [0.4, 0.5) is 0 Å². The van der Waals surface area contributed by atoms with Crippen LogP contribution in [0.5, 0.6) is 0 Å². The van der Waals surface area contributed by atoms with Crippen LogP contribution in [0.2, 0.25) is 0 Å². The average Bonchev–Trinajstić information content (AvgIpc) is 3.84. The molecule has 6 aromatic carbocycles. The standard InChI is InChI=1S/C46H26N2/c1-5-17-33-27(11-1)41-31-15-9-25-47-39(31)23-21-37(41)45(33)35-19-7-3-13-29(35)44-43(45)30-14-4-8-20-36(30)46(44)34-18-6-2-12-28(34)42-32-16-10-26-48-40(32)24-22-38(42)46/h1-26H. The minimum Gasteiger partial charge on any atom is -0.256 e. The number of allylic oxidation sites excluding steroid dienone is 2. The quantitative estimate of drug-likeness (QED) is 0.172. The maximum absolute atomic E-state index is 4.81. The van der Waals surface area contributed by atoms with Gasteiger partial charge in [0.2, 0.25) is 0 Å². The highest BCUT2D eigenvalue weighted by Gasteiger charge is 2.63. The number of benzene rings is 6. The molecule has 220 valence electrons. The van der Waals surface area contributed by atoms with E-state index in [0.29, 0.717) is 0 Å². The Morgan fingerprint density at radius 1 is 0.312 bits per heavy atom. The van der Waals surface area contributed by atoms with E-state index in [0.717, 1.165) is 11.0 Å². The lowest BCUT2D eigenvalue weighted by Crippen LogP contribution is -2.28. The first-order valence-electron chi connectivity index (χ1n) is 16.8. The summed E-state index contributed by atoms with van der Waals surface area (Å²) in [5.74, 6) is 0. The highest BCUT2D eigenvalue weighted by Crippen LogP contribution is 2.74. The summed E-state index contributed by atoms with van der Waals surface area (Å²) in [5, 5.41) is 2.42. The van der Waals surface area contributed by atoms with Crippen LogP contribution in [0.3, 0.4) is 0 Å². The van der Waals surface area contributed by atoms with Crippen LogP contribution >= 0.6 is 0 Å². The maximum atomic E-state index is 4.81. The van der Waals surface area contributed by atoms with Crippen molar-refractivity contribution in [1.29, 1.82) is 0 Å². The first kappa shape index (κ1) is 25.0. The summed E-state index contributed by atoms with van der Waals surface area (Å²) in [7, 11) is 0. The van der Waals surface area contributed by atoms with Crippen molar-refractivity contribution in [1.82, 2.24) is 9.97 Å². The lowest BCUT2D eigenvalue weighted by atomic mass is 9.66. The van der Waals surface area contributed by atoms with Gasteiger partial charge in [0.05, 0.1) is 21.9 Å². The van der Waals surface area contributed by atoms with Gasteiger partial charge in [-0.05, 0) is 102 Å². The molecule has 2 nitrogen and oxygen atoms in total. The topological polar surface area (TPSA) is 25.8 Å². The summed E-state index contributed by atoms with van der Waals surface area (Å²) in [6.07, 6.45) is 3.81. The van der Waals surface area contributed by atoms with Gasteiger partial charge in [-0.2, -0.15) is 0 Å². The first-order valence-corrected chi connectivity index (χ1v) is 16.8. The molecule has 2 heteroatoms. The smallest absolute Gasteiger partial charge is 0.0729 e. The number of rotatable bonds is 0. The van der Waals surface area contributed by atoms with E-state index in [1.807, 2.05) is 12.4 Å². The third kappa shape index (κ3) is 2.55. The molecule has 2 unspecified atom stereocenters. The van der Waals surface area contributed by atoms with E-state index < -0.39 is 10.8 Å². The number of aromatic nitrogens is 2. The SMILES string of the molecule is c1ccc2c(c1)C1=C(c3ccccc3C13c1ccccc1-c1c3ccc3ncccc13)C21c2ccccc2-c2c1ccc1ncccc21. The second kappa shape index (κ2) is 8.42. The van der Waals surface area contributed by atoms with E-state index in [4.69, 9.17) is 9.97 Å². The monoisotopic (exact) mass is 606 g/mol. The van der Waals surface area contributed by atoms with Gasteiger partial charge < -0.3 is 0 Å². The molecule has 0 fully saturated rings. The highest BCUT2D eigenvalue weighted by atomic mass is 14.7. The van der Waals surface area contributed by atoms with Crippen LogP contribution in [-0.2, 0) is 10.8 Å². The number of fused-ring (bicyclic) bond motifs is 22. The molecule has 0 aliphatic heterocycles. The molecule has 0 saturated heterocycles. The van der Waals surface area contributed by atoms with E-state index in [2.05, 4.69) is 146 Å². The van der Waals surface area contributed by atoms with Crippen LogP contribution in [-0.4, -0.2) is 9.97 Å². The zero-order chi connectivity index (χ0) is 31.2. The summed E-state index contributed by atoms with van der Waals surface area (Å²) in [6.45, 7) is 0. The first-order chi connectivity index (χ1) is 23.8. The molecule has 8 aromatic rings. The maximum Gasteiger partial charge on any atom is 0.0729 e. The summed E-state index contributed by atoms with van der Waals surface area (Å²) >= 11 is 0. The van der Waals surface area contributed by atoms with Gasteiger partial charge in [-0.1, -0.05) is 121 Å². The zero-order valence-electron chi connectivity index (χ0n) is 25.9. The molecule has 0 amide bonds. The summed E-state index contributed by atoms with van der Waals surface area (Å²) in [5.41, 5.74) is 20.0. The predicted molar refractivity (Wildman–Crippen MR) is 194 cm³/mol. The van der Waals surface area contributed by atoms with Crippen molar-refractivity contribution >= 4 is 33.0 Å². The molecule has 4 aliphatic rings.